The molecule has 1 aromatic carbocycles. The molecule has 1 rings (SSSR count). The van der Waals surface area contributed by atoms with Crippen LogP contribution in [-0.2, 0) is 6.18 Å². The van der Waals surface area contributed by atoms with Gasteiger partial charge in [0.1, 0.15) is 8.07 Å². The number of halogens is 3. The Bertz CT molecular complexity index is 508. The maximum atomic E-state index is 12.7. The molecule has 2 atom stereocenters. The van der Waals surface area contributed by atoms with Gasteiger partial charge in [-0.15, -0.1) is 6.58 Å². The van der Waals surface area contributed by atoms with Crippen LogP contribution in [-0.4, -0.2) is 18.9 Å². The van der Waals surface area contributed by atoms with Crippen LogP contribution in [0.1, 0.15) is 44.6 Å². The van der Waals surface area contributed by atoms with Crippen molar-refractivity contribution in [1.29, 1.82) is 0 Å². The third-order valence-corrected chi connectivity index (χ3v) is 8.60. The van der Waals surface area contributed by atoms with Gasteiger partial charge in [-0.1, -0.05) is 68.4 Å². The van der Waals surface area contributed by atoms with E-state index >= 15 is 0 Å². The summed E-state index contributed by atoms with van der Waals surface area (Å²) in [5, 5.41) is 11.4. The predicted octanol–water partition coefficient (Wildman–Crippen LogP) is 5.29. The van der Waals surface area contributed by atoms with E-state index in [0.717, 1.165) is 43.0 Å². The molecule has 0 aliphatic rings. The second kappa shape index (κ2) is 8.86. The first-order valence-electron chi connectivity index (χ1n) is 8.55. The Morgan fingerprint density at radius 1 is 1.12 bits per heavy atom. The number of alkyl halides is 3. The third kappa shape index (κ3) is 6.09. The Morgan fingerprint density at radius 2 is 1.71 bits per heavy atom. The topological polar surface area (TPSA) is 20.2 Å². The molecule has 0 aliphatic carbocycles. The standard InChI is InChI=1S/C19H29F3OSi/c1-5-6-8-15(2)9-7-10-18(23)24(3,4)17-13-11-16(12-14-17)19(20,21)22/h5,11-15,18,23H,1,6-10H2,2-4H3. The van der Waals surface area contributed by atoms with E-state index < -0.39 is 25.5 Å². The van der Waals surface area contributed by atoms with E-state index in [4.69, 9.17) is 0 Å². The minimum atomic E-state index is -4.32. The highest BCUT2D eigenvalue weighted by Gasteiger charge is 2.34. The zero-order chi connectivity index (χ0) is 18.4. The summed E-state index contributed by atoms with van der Waals surface area (Å²) in [5.74, 6) is 0.603. The van der Waals surface area contributed by atoms with Crippen LogP contribution < -0.4 is 5.19 Å². The molecule has 0 aliphatic heterocycles. The molecule has 0 amide bonds. The zero-order valence-corrected chi connectivity index (χ0v) is 15.9. The van der Waals surface area contributed by atoms with Gasteiger partial charge in [0.2, 0.25) is 0 Å². The Balaban J connectivity index is 2.61. The SMILES string of the molecule is C=CCCC(C)CCCC(O)[Si](C)(C)c1ccc(C(F)(F)F)cc1. The summed E-state index contributed by atoms with van der Waals surface area (Å²) < 4.78 is 38.0. The van der Waals surface area contributed by atoms with Crippen molar-refractivity contribution in [3.63, 3.8) is 0 Å². The largest absolute Gasteiger partial charge is 0.416 e. The number of aliphatic hydroxyl groups excluding tert-OH is 1. The second-order valence-electron chi connectivity index (χ2n) is 7.21. The van der Waals surface area contributed by atoms with E-state index in [2.05, 4.69) is 13.5 Å². The molecule has 5 heteroatoms. The lowest BCUT2D eigenvalue weighted by atomic mass is 9.99. The van der Waals surface area contributed by atoms with Crippen LogP contribution in [0.5, 0.6) is 0 Å². The monoisotopic (exact) mass is 358 g/mol. The number of allylic oxidation sites excluding steroid dienone is 1. The second-order valence-corrected chi connectivity index (χ2v) is 11.9. The summed E-state index contributed by atoms with van der Waals surface area (Å²) in [6.07, 6.45) is 2.43. The van der Waals surface area contributed by atoms with Gasteiger partial charge in [0.25, 0.3) is 0 Å². The van der Waals surface area contributed by atoms with Gasteiger partial charge < -0.3 is 5.11 Å². The van der Waals surface area contributed by atoms with Crippen molar-refractivity contribution in [3.8, 4) is 0 Å². The molecule has 0 saturated carbocycles. The van der Waals surface area contributed by atoms with Crippen LogP contribution in [0.3, 0.4) is 0 Å². The molecule has 2 unspecified atom stereocenters. The van der Waals surface area contributed by atoms with Crippen LogP contribution >= 0.6 is 0 Å². The quantitative estimate of drug-likeness (QED) is 0.469. The molecule has 24 heavy (non-hydrogen) atoms. The van der Waals surface area contributed by atoms with Crippen LogP contribution in [0.4, 0.5) is 13.2 Å². The molecule has 1 aromatic rings. The summed E-state index contributed by atoms with van der Waals surface area (Å²) in [5.41, 5.74) is -1.08. The molecule has 0 spiro atoms. The summed E-state index contributed by atoms with van der Waals surface area (Å²) in [6.45, 7) is 9.96. The van der Waals surface area contributed by atoms with Gasteiger partial charge in [-0.3, -0.25) is 0 Å². The molecule has 0 heterocycles. The normalized spacial score (nSPS) is 15.1. The Labute approximate surface area is 144 Å². The highest BCUT2D eigenvalue weighted by molar-refractivity contribution is 6.90. The van der Waals surface area contributed by atoms with Gasteiger partial charge in [-0.2, -0.15) is 13.2 Å². The average Bonchev–Trinajstić information content (AvgIpc) is 2.52. The summed E-state index contributed by atoms with van der Waals surface area (Å²) in [7, 11) is -2.19. The highest BCUT2D eigenvalue weighted by Crippen LogP contribution is 2.29. The maximum absolute atomic E-state index is 12.7. The summed E-state index contributed by atoms with van der Waals surface area (Å²) in [6, 6.07) is 5.30. The predicted molar refractivity (Wildman–Crippen MR) is 97.0 cm³/mol. The summed E-state index contributed by atoms with van der Waals surface area (Å²) >= 11 is 0. The molecule has 1 N–H and O–H groups in total. The fourth-order valence-electron chi connectivity index (χ4n) is 2.85. The van der Waals surface area contributed by atoms with E-state index in [1.54, 1.807) is 0 Å². The number of hydrogen-bond donors (Lipinski definition) is 1. The fraction of sp³-hybridized carbons (Fsp3) is 0.579. The lowest BCUT2D eigenvalue weighted by Crippen LogP contribution is -2.52. The van der Waals surface area contributed by atoms with E-state index in [-0.39, 0.29) is 0 Å². The van der Waals surface area contributed by atoms with E-state index in [9.17, 15) is 18.3 Å². The molecule has 0 saturated heterocycles. The minimum absolute atomic E-state index is 0.444. The fourth-order valence-corrected chi connectivity index (χ4v) is 5.18. The lowest BCUT2D eigenvalue weighted by molar-refractivity contribution is -0.137. The molecular weight excluding hydrogens is 329 g/mol. The molecule has 0 fully saturated rings. The van der Waals surface area contributed by atoms with E-state index in [1.165, 1.54) is 12.1 Å². The minimum Gasteiger partial charge on any atom is -0.396 e. The van der Waals surface area contributed by atoms with Crippen molar-refractivity contribution < 1.29 is 18.3 Å². The number of aliphatic hydroxyl groups is 1. The molecule has 0 aromatic heterocycles. The van der Waals surface area contributed by atoms with Gasteiger partial charge in [-0.25, -0.2) is 0 Å². The highest BCUT2D eigenvalue weighted by atomic mass is 28.3. The zero-order valence-electron chi connectivity index (χ0n) is 14.9. The van der Waals surface area contributed by atoms with Crippen LogP contribution in [0.25, 0.3) is 0 Å². The first-order chi connectivity index (χ1) is 11.1. The lowest BCUT2D eigenvalue weighted by Gasteiger charge is -2.29. The Kier molecular flexibility index (Phi) is 7.74. The number of benzene rings is 1. The van der Waals surface area contributed by atoms with Gasteiger partial charge in [-0.05, 0) is 25.2 Å². The van der Waals surface area contributed by atoms with Crippen LogP contribution in [0.2, 0.25) is 13.1 Å². The van der Waals surface area contributed by atoms with Crippen molar-refractivity contribution in [2.24, 2.45) is 5.92 Å². The average molecular weight is 359 g/mol. The number of hydrogen-bond acceptors (Lipinski definition) is 1. The van der Waals surface area contributed by atoms with Crippen LogP contribution in [0, 0.1) is 5.92 Å². The van der Waals surface area contributed by atoms with Gasteiger partial charge in [0, 0.05) is 5.73 Å². The van der Waals surface area contributed by atoms with Crippen molar-refractivity contribution in [1.82, 2.24) is 0 Å². The van der Waals surface area contributed by atoms with E-state index in [0.29, 0.717) is 12.3 Å². The Hall–Kier alpha value is -1.07. The maximum Gasteiger partial charge on any atom is 0.416 e. The van der Waals surface area contributed by atoms with E-state index in [1.807, 2.05) is 19.2 Å². The van der Waals surface area contributed by atoms with Gasteiger partial charge in [0.15, 0.2) is 0 Å². The molecule has 1 nitrogen and oxygen atoms in total. The van der Waals surface area contributed by atoms with Crippen molar-refractivity contribution in [2.75, 3.05) is 0 Å². The van der Waals surface area contributed by atoms with Crippen molar-refractivity contribution >= 4 is 13.3 Å². The first kappa shape index (κ1) is 21.0. The molecule has 136 valence electrons. The smallest absolute Gasteiger partial charge is 0.396 e. The van der Waals surface area contributed by atoms with Crippen LogP contribution in [0.15, 0.2) is 36.9 Å². The first-order valence-corrected chi connectivity index (χ1v) is 11.6. The third-order valence-electron chi connectivity index (χ3n) is 4.83. The Morgan fingerprint density at radius 3 is 2.21 bits per heavy atom. The van der Waals surface area contributed by atoms with Gasteiger partial charge in [0.05, 0.1) is 5.56 Å². The van der Waals surface area contributed by atoms with Crippen molar-refractivity contribution in [2.45, 2.75) is 64.0 Å². The number of rotatable bonds is 9. The molecule has 0 radical (unpaired) electrons. The molecule has 0 bridgehead atoms. The molecular formula is C19H29F3OSi. The summed E-state index contributed by atoms with van der Waals surface area (Å²) in [4.78, 5) is 0. The van der Waals surface area contributed by atoms with Gasteiger partial charge >= 0.3 is 6.18 Å². The van der Waals surface area contributed by atoms with Crippen molar-refractivity contribution in [3.05, 3.63) is 42.5 Å².